The first kappa shape index (κ1) is 16.8. The van der Waals surface area contributed by atoms with Gasteiger partial charge in [0.05, 0.1) is 26.4 Å². The van der Waals surface area contributed by atoms with Gasteiger partial charge in [0.25, 0.3) is 0 Å². The number of ether oxygens (including phenoxy) is 3. The molecule has 1 aliphatic rings. The smallest absolute Gasteiger partial charge is 0.338 e. The fourth-order valence-electron chi connectivity index (χ4n) is 2.98. The van der Waals surface area contributed by atoms with E-state index >= 15 is 0 Å². The van der Waals surface area contributed by atoms with Gasteiger partial charge >= 0.3 is 5.97 Å². The van der Waals surface area contributed by atoms with Crippen LogP contribution in [-0.4, -0.2) is 41.6 Å². The zero-order valence-electron chi connectivity index (χ0n) is 14.6. The van der Waals surface area contributed by atoms with Gasteiger partial charge in [-0.2, -0.15) is 10.1 Å². The summed E-state index contributed by atoms with van der Waals surface area (Å²) in [5.41, 5.74) is 1.85. The minimum absolute atomic E-state index is 0.280. The van der Waals surface area contributed by atoms with Crippen LogP contribution >= 0.6 is 0 Å². The van der Waals surface area contributed by atoms with Crippen molar-refractivity contribution < 1.29 is 19.0 Å². The number of fused-ring (bicyclic) bond motifs is 1. The molecule has 0 saturated carbocycles. The highest BCUT2D eigenvalue weighted by atomic mass is 16.5. The number of aromatic nitrogens is 3. The summed E-state index contributed by atoms with van der Waals surface area (Å²) < 4.78 is 17.8. The lowest BCUT2D eigenvalue weighted by atomic mass is 9.94. The molecule has 1 aromatic carbocycles. The molecule has 25 heavy (non-hydrogen) atoms. The predicted molar refractivity (Wildman–Crippen MR) is 90.7 cm³/mol. The van der Waals surface area contributed by atoms with Gasteiger partial charge in [-0.15, -0.1) is 0 Å². The summed E-state index contributed by atoms with van der Waals surface area (Å²) in [6.45, 7) is 3.86. The second kappa shape index (κ2) is 6.84. The minimum Gasteiger partial charge on any atom is -0.493 e. The monoisotopic (exact) mass is 344 g/mol. The molecule has 1 aromatic heterocycles. The van der Waals surface area contributed by atoms with Crippen LogP contribution in [0.2, 0.25) is 0 Å². The standard InChI is InChI=1S/C17H20N4O4/c1-5-25-16(22)13-10(2)20-17-18-9-19-21(17)14(13)11-7-6-8-12(23-3)15(11)24-4/h6-9,14H,5H2,1-4H3,(H,18,19,20)/t14-/m0/s1. The Bertz CT molecular complexity index is 828. The summed E-state index contributed by atoms with van der Waals surface area (Å²) in [6.07, 6.45) is 1.43. The zero-order valence-corrected chi connectivity index (χ0v) is 14.6. The number of hydrogen-bond donors (Lipinski definition) is 1. The summed E-state index contributed by atoms with van der Waals surface area (Å²) in [5.74, 6) is 1.23. The van der Waals surface area contributed by atoms with Crippen molar-refractivity contribution >= 4 is 11.9 Å². The van der Waals surface area contributed by atoms with Gasteiger partial charge in [0.2, 0.25) is 5.95 Å². The molecule has 132 valence electrons. The number of carbonyl (C=O) groups excluding carboxylic acids is 1. The van der Waals surface area contributed by atoms with Crippen molar-refractivity contribution in [2.45, 2.75) is 19.9 Å². The summed E-state index contributed by atoms with van der Waals surface area (Å²) in [4.78, 5) is 16.8. The number of hydrogen-bond acceptors (Lipinski definition) is 7. The van der Waals surface area contributed by atoms with Crippen molar-refractivity contribution in [1.29, 1.82) is 0 Å². The Morgan fingerprint density at radius 2 is 2.12 bits per heavy atom. The number of rotatable bonds is 5. The van der Waals surface area contributed by atoms with E-state index in [1.807, 2.05) is 19.1 Å². The molecule has 1 atom stereocenters. The third-order valence-electron chi connectivity index (χ3n) is 4.02. The average Bonchev–Trinajstić information content (AvgIpc) is 3.07. The maximum Gasteiger partial charge on any atom is 0.338 e. The summed E-state index contributed by atoms with van der Waals surface area (Å²) in [6, 6.07) is 4.97. The van der Waals surface area contributed by atoms with Gasteiger partial charge in [-0.05, 0) is 19.9 Å². The van der Waals surface area contributed by atoms with Gasteiger partial charge in [0, 0.05) is 11.3 Å². The summed E-state index contributed by atoms with van der Waals surface area (Å²) in [5, 5.41) is 7.37. The van der Waals surface area contributed by atoms with Gasteiger partial charge in [-0.25, -0.2) is 9.48 Å². The van der Waals surface area contributed by atoms with E-state index in [0.717, 1.165) is 5.56 Å². The maximum atomic E-state index is 12.6. The van der Waals surface area contributed by atoms with Gasteiger partial charge < -0.3 is 19.5 Å². The maximum absolute atomic E-state index is 12.6. The van der Waals surface area contributed by atoms with Gasteiger partial charge in [-0.1, -0.05) is 12.1 Å². The molecule has 8 heteroatoms. The lowest BCUT2D eigenvalue weighted by molar-refractivity contribution is -0.139. The molecule has 1 aliphatic heterocycles. The van der Waals surface area contributed by atoms with Crippen LogP contribution in [-0.2, 0) is 9.53 Å². The van der Waals surface area contributed by atoms with Crippen molar-refractivity contribution in [3.63, 3.8) is 0 Å². The lowest BCUT2D eigenvalue weighted by Crippen LogP contribution is -2.30. The van der Waals surface area contributed by atoms with E-state index in [2.05, 4.69) is 15.4 Å². The van der Waals surface area contributed by atoms with E-state index in [-0.39, 0.29) is 6.61 Å². The number of anilines is 1. The van der Waals surface area contributed by atoms with Crippen LogP contribution in [0.15, 0.2) is 35.8 Å². The Morgan fingerprint density at radius 3 is 2.80 bits per heavy atom. The highest BCUT2D eigenvalue weighted by Crippen LogP contribution is 2.42. The molecule has 0 saturated heterocycles. The minimum atomic E-state index is -0.539. The molecule has 8 nitrogen and oxygen atoms in total. The normalized spacial score (nSPS) is 16.1. The fourth-order valence-corrected chi connectivity index (χ4v) is 2.98. The molecule has 0 radical (unpaired) electrons. The number of methoxy groups -OCH3 is 2. The number of carbonyl (C=O) groups is 1. The number of nitrogens with zero attached hydrogens (tertiary/aromatic N) is 3. The second-order valence-corrected chi connectivity index (χ2v) is 5.40. The van der Waals surface area contributed by atoms with Crippen molar-refractivity contribution in [1.82, 2.24) is 14.8 Å². The number of para-hydroxylation sites is 1. The Morgan fingerprint density at radius 1 is 1.32 bits per heavy atom. The number of benzene rings is 1. The first-order valence-corrected chi connectivity index (χ1v) is 7.87. The number of esters is 1. The summed E-state index contributed by atoms with van der Waals surface area (Å²) in [7, 11) is 3.13. The molecule has 0 unspecified atom stereocenters. The Balaban J connectivity index is 2.22. The van der Waals surface area contributed by atoms with E-state index in [1.54, 1.807) is 31.9 Å². The van der Waals surface area contributed by atoms with Gasteiger partial charge in [0.15, 0.2) is 11.5 Å². The largest absolute Gasteiger partial charge is 0.493 e. The van der Waals surface area contributed by atoms with E-state index in [0.29, 0.717) is 28.7 Å². The van der Waals surface area contributed by atoms with Crippen LogP contribution in [0.4, 0.5) is 5.95 Å². The molecule has 2 aromatic rings. The van der Waals surface area contributed by atoms with E-state index < -0.39 is 12.0 Å². The Hall–Kier alpha value is -3.03. The van der Waals surface area contributed by atoms with E-state index in [1.165, 1.54) is 6.33 Å². The Labute approximate surface area is 145 Å². The third kappa shape index (κ3) is 2.79. The molecule has 0 aliphatic carbocycles. The SMILES string of the molecule is CCOC(=O)C1=C(C)Nc2ncnn2[C@H]1c1cccc(OC)c1OC. The molecule has 2 heterocycles. The number of allylic oxidation sites excluding steroid dienone is 1. The molecular formula is C17H20N4O4. The van der Waals surface area contributed by atoms with Crippen LogP contribution in [0.1, 0.15) is 25.5 Å². The summed E-state index contributed by atoms with van der Waals surface area (Å²) >= 11 is 0. The second-order valence-electron chi connectivity index (χ2n) is 5.40. The van der Waals surface area contributed by atoms with Crippen LogP contribution in [0.25, 0.3) is 0 Å². The predicted octanol–water partition coefficient (Wildman–Crippen LogP) is 2.15. The third-order valence-corrected chi connectivity index (χ3v) is 4.02. The molecule has 0 fully saturated rings. The quantitative estimate of drug-likeness (QED) is 0.832. The average molecular weight is 344 g/mol. The molecule has 0 amide bonds. The molecule has 3 rings (SSSR count). The van der Waals surface area contributed by atoms with Crippen LogP contribution in [0, 0.1) is 0 Å². The Kier molecular flexibility index (Phi) is 4.60. The van der Waals surface area contributed by atoms with Crippen molar-refractivity contribution in [3.8, 4) is 11.5 Å². The van der Waals surface area contributed by atoms with Crippen LogP contribution in [0.5, 0.6) is 11.5 Å². The van der Waals surface area contributed by atoms with Crippen molar-refractivity contribution in [2.24, 2.45) is 0 Å². The highest BCUT2D eigenvalue weighted by molar-refractivity contribution is 5.92. The topological polar surface area (TPSA) is 87.5 Å². The fraction of sp³-hybridized carbons (Fsp3) is 0.353. The van der Waals surface area contributed by atoms with Crippen LogP contribution < -0.4 is 14.8 Å². The molecule has 0 bridgehead atoms. The molecule has 0 spiro atoms. The first-order valence-electron chi connectivity index (χ1n) is 7.87. The van der Waals surface area contributed by atoms with Crippen molar-refractivity contribution in [2.75, 3.05) is 26.1 Å². The lowest BCUT2D eigenvalue weighted by Gasteiger charge is -2.29. The highest BCUT2D eigenvalue weighted by Gasteiger charge is 2.36. The number of nitrogens with one attached hydrogen (secondary N) is 1. The van der Waals surface area contributed by atoms with Gasteiger partial charge in [0.1, 0.15) is 12.4 Å². The van der Waals surface area contributed by atoms with Crippen molar-refractivity contribution in [3.05, 3.63) is 41.4 Å². The molecular weight excluding hydrogens is 324 g/mol. The van der Waals surface area contributed by atoms with Gasteiger partial charge in [-0.3, -0.25) is 0 Å². The first-order chi connectivity index (χ1) is 12.1. The van der Waals surface area contributed by atoms with E-state index in [4.69, 9.17) is 14.2 Å². The van der Waals surface area contributed by atoms with E-state index in [9.17, 15) is 4.79 Å². The zero-order chi connectivity index (χ0) is 18.0. The van der Waals surface area contributed by atoms with Crippen LogP contribution in [0.3, 0.4) is 0 Å². The molecule has 1 N–H and O–H groups in total.